The third-order valence-corrected chi connectivity index (χ3v) is 5.59. The molecular formula is C20H13ClFN3O4S. The van der Waals surface area contributed by atoms with Gasteiger partial charge in [-0.3, -0.25) is 14.5 Å². The topological polar surface area (TPSA) is 92.6 Å². The van der Waals surface area contributed by atoms with E-state index in [0.717, 1.165) is 28.4 Å². The summed E-state index contributed by atoms with van der Waals surface area (Å²) in [7, 11) is 1.46. The number of rotatable bonds is 4. The van der Waals surface area contributed by atoms with E-state index >= 15 is 0 Å². The molecule has 0 bridgehead atoms. The van der Waals surface area contributed by atoms with E-state index in [1.54, 1.807) is 18.2 Å². The fraction of sp³-hybridized carbons (Fsp3) is 0.100. The van der Waals surface area contributed by atoms with Gasteiger partial charge in [0, 0.05) is 5.56 Å². The Bertz CT molecular complexity index is 1170. The molecular weight excluding hydrogens is 433 g/mol. The lowest BCUT2D eigenvalue weighted by Crippen LogP contribution is -2.29. The standard InChI is InChI=1S/C20H13ClFN3O4S/c1-29-14-7-4-11(8-13(14)21)16-15(17(26)10-2-5-12(22)6-3-10)18(27)19(28)25(16)20-24-23-9-30-20/h2-9,16,26H,1H3/b17-15+. The number of nitrogens with zero attached hydrogens (tertiary/aromatic N) is 3. The van der Waals surface area contributed by atoms with Gasteiger partial charge in [0.1, 0.15) is 22.8 Å². The summed E-state index contributed by atoms with van der Waals surface area (Å²) in [5, 5.41) is 19.0. The summed E-state index contributed by atoms with van der Waals surface area (Å²) < 4.78 is 18.5. The van der Waals surface area contributed by atoms with E-state index in [4.69, 9.17) is 16.3 Å². The highest BCUT2D eigenvalue weighted by molar-refractivity contribution is 7.13. The van der Waals surface area contributed by atoms with Gasteiger partial charge in [-0.1, -0.05) is 29.0 Å². The highest BCUT2D eigenvalue weighted by Gasteiger charge is 2.48. The van der Waals surface area contributed by atoms with Gasteiger partial charge >= 0.3 is 5.91 Å². The smallest absolute Gasteiger partial charge is 0.301 e. The molecule has 0 spiro atoms. The summed E-state index contributed by atoms with van der Waals surface area (Å²) in [6, 6.07) is 8.70. The number of aliphatic hydroxyl groups excluding tert-OH is 1. The molecule has 10 heteroatoms. The first-order valence-corrected chi connectivity index (χ1v) is 9.84. The van der Waals surface area contributed by atoms with E-state index < -0.39 is 29.3 Å². The minimum absolute atomic E-state index is 0.164. The van der Waals surface area contributed by atoms with Crippen LogP contribution in [0.15, 0.2) is 53.5 Å². The Labute approximate surface area is 179 Å². The second-order valence-electron chi connectivity index (χ2n) is 6.29. The van der Waals surface area contributed by atoms with Crippen LogP contribution >= 0.6 is 22.9 Å². The number of carbonyl (C=O) groups excluding carboxylic acids is 2. The molecule has 0 radical (unpaired) electrons. The zero-order valence-corrected chi connectivity index (χ0v) is 16.9. The third-order valence-electron chi connectivity index (χ3n) is 4.61. The van der Waals surface area contributed by atoms with E-state index in [1.165, 1.54) is 24.8 Å². The third kappa shape index (κ3) is 3.31. The summed E-state index contributed by atoms with van der Waals surface area (Å²) in [6.45, 7) is 0. The number of hydrogen-bond donors (Lipinski definition) is 1. The van der Waals surface area contributed by atoms with Crippen molar-refractivity contribution in [2.75, 3.05) is 12.0 Å². The van der Waals surface area contributed by atoms with E-state index in [2.05, 4.69) is 10.2 Å². The molecule has 4 rings (SSSR count). The van der Waals surface area contributed by atoms with Crippen LogP contribution < -0.4 is 9.64 Å². The predicted octanol–water partition coefficient (Wildman–Crippen LogP) is 3.97. The second-order valence-corrected chi connectivity index (χ2v) is 7.51. The van der Waals surface area contributed by atoms with Crippen molar-refractivity contribution in [3.8, 4) is 5.75 Å². The van der Waals surface area contributed by atoms with Crippen LogP contribution in [-0.4, -0.2) is 34.1 Å². The molecule has 1 saturated heterocycles. The van der Waals surface area contributed by atoms with Gasteiger partial charge in [0.05, 0.1) is 23.7 Å². The number of carbonyl (C=O) groups is 2. The highest BCUT2D eigenvalue weighted by atomic mass is 35.5. The Hall–Kier alpha value is -3.30. The fourth-order valence-corrected chi connectivity index (χ4v) is 4.08. The molecule has 1 atom stereocenters. The molecule has 1 amide bonds. The van der Waals surface area contributed by atoms with Crippen LogP contribution in [-0.2, 0) is 9.59 Å². The average Bonchev–Trinajstić information content (AvgIpc) is 3.35. The van der Waals surface area contributed by atoms with Crippen LogP contribution in [0, 0.1) is 5.82 Å². The van der Waals surface area contributed by atoms with Gasteiger partial charge in [-0.15, -0.1) is 10.2 Å². The molecule has 0 saturated carbocycles. The number of aliphatic hydroxyl groups is 1. The first-order valence-electron chi connectivity index (χ1n) is 8.59. The van der Waals surface area contributed by atoms with E-state index in [9.17, 15) is 19.1 Å². The number of ether oxygens (including phenoxy) is 1. The van der Waals surface area contributed by atoms with Crippen molar-refractivity contribution in [1.82, 2.24) is 10.2 Å². The van der Waals surface area contributed by atoms with Crippen LogP contribution in [0.5, 0.6) is 5.75 Å². The molecule has 1 aromatic heterocycles. The SMILES string of the molecule is COc1ccc(C2/C(=C(\O)c3ccc(F)cc3)C(=O)C(=O)N2c2nncs2)cc1Cl. The number of benzene rings is 2. The molecule has 30 heavy (non-hydrogen) atoms. The molecule has 1 unspecified atom stereocenters. The summed E-state index contributed by atoms with van der Waals surface area (Å²) in [5.41, 5.74) is 1.91. The number of anilines is 1. The zero-order valence-electron chi connectivity index (χ0n) is 15.4. The Morgan fingerprint density at radius 1 is 1.23 bits per heavy atom. The number of methoxy groups -OCH3 is 1. The summed E-state index contributed by atoms with van der Waals surface area (Å²) in [6.07, 6.45) is 0. The number of ketones is 1. The number of Topliss-reactive ketones (excluding diaryl/α,β-unsaturated/α-hetero) is 1. The van der Waals surface area contributed by atoms with Gasteiger partial charge in [0.2, 0.25) is 5.13 Å². The predicted molar refractivity (Wildman–Crippen MR) is 109 cm³/mol. The summed E-state index contributed by atoms with van der Waals surface area (Å²) in [4.78, 5) is 26.9. The van der Waals surface area contributed by atoms with Crippen molar-refractivity contribution >= 4 is 45.5 Å². The maximum Gasteiger partial charge on any atom is 0.301 e. The number of hydrogen-bond acceptors (Lipinski definition) is 7. The molecule has 2 heterocycles. The molecule has 7 nitrogen and oxygen atoms in total. The Balaban J connectivity index is 1.94. The van der Waals surface area contributed by atoms with Crippen molar-refractivity contribution in [3.05, 3.63) is 75.5 Å². The van der Waals surface area contributed by atoms with Crippen molar-refractivity contribution in [3.63, 3.8) is 0 Å². The summed E-state index contributed by atoms with van der Waals surface area (Å²) in [5.74, 6) is -2.29. The molecule has 1 aliphatic rings. The van der Waals surface area contributed by atoms with Gasteiger partial charge in [0.15, 0.2) is 0 Å². The largest absolute Gasteiger partial charge is 0.507 e. The van der Waals surface area contributed by atoms with Crippen LogP contribution in [0.3, 0.4) is 0 Å². The van der Waals surface area contributed by atoms with Crippen LogP contribution in [0.1, 0.15) is 17.2 Å². The lowest BCUT2D eigenvalue weighted by Gasteiger charge is -2.23. The van der Waals surface area contributed by atoms with E-state index in [0.29, 0.717) is 11.3 Å². The molecule has 0 aliphatic carbocycles. The molecule has 1 N–H and O–H groups in total. The first kappa shape index (κ1) is 20.0. The second kappa shape index (κ2) is 7.85. The molecule has 1 aliphatic heterocycles. The zero-order chi connectivity index (χ0) is 21.4. The van der Waals surface area contributed by atoms with Crippen molar-refractivity contribution in [2.45, 2.75) is 6.04 Å². The first-order chi connectivity index (χ1) is 14.4. The normalized spacial score (nSPS) is 18.1. The maximum absolute atomic E-state index is 13.3. The quantitative estimate of drug-likeness (QED) is 0.371. The highest BCUT2D eigenvalue weighted by Crippen LogP contribution is 2.43. The van der Waals surface area contributed by atoms with Gasteiger partial charge < -0.3 is 9.84 Å². The Kier molecular flexibility index (Phi) is 5.23. The number of amides is 1. The van der Waals surface area contributed by atoms with Crippen LogP contribution in [0.25, 0.3) is 5.76 Å². The average molecular weight is 446 g/mol. The minimum atomic E-state index is -1.01. The van der Waals surface area contributed by atoms with Gasteiger partial charge in [-0.2, -0.15) is 0 Å². The monoisotopic (exact) mass is 445 g/mol. The number of aromatic nitrogens is 2. The molecule has 3 aromatic rings. The van der Waals surface area contributed by atoms with E-state index in [1.807, 2.05) is 0 Å². The number of halogens is 2. The fourth-order valence-electron chi connectivity index (χ4n) is 3.23. The van der Waals surface area contributed by atoms with Gasteiger partial charge in [0.25, 0.3) is 5.78 Å². The van der Waals surface area contributed by atoms with E-state index in [-0.39, 0.29) is 21.3 Å². The van der Waals surface area contributed by atoms with Crippen LogP contribution in [0.4, 0.5) is 9.52 Å². The summed E-state index contributed by atoms with van der Waals surface area (Å²) >= 11 is 7.32. The minimum Gasteiger partial charge on any atom is -0.507 e. The molecule has 2 aromatic carbocycles. The molecule has 1 fully saturated rings. The lowest BCUT2D eigenvalue weighted by molar-refractivity contribution is -0.132. The Morgan fingerprint density at radius 3 is 2.57 bits per heavy atom. The van der Waals surface area contributed by atoms with Crippen molar-refractivity contribution in [1.29, 1.82) is 0 Å². The van der Waals surface area contributed by atoms with Crippen LogP contribution in [0.2, 0.25) is 5.02 Å². The maximum atomic E-state index is 13.3. The molecule has 152 valence electrons. The van der Waals surface area contributed by atoms with Gasteiger partial charge in [-0.25, -0.2) is 4.39 Å². The lowest BCUT2D eigenvalue weighted by atomic mass is 9.95. The Morgan fingerprint density at radius 2 is 1.97 bits per heavy atom. The van der Waals surface area contributed by atoms with Crippen molar-refractivity contribution < 1.29 is 23.8 Å². The van der Waals surface area contributed by atoms with Gasteiger partial charge in [-0.05, 0) is 42.0 Å². The van der Waals surface area contributed by atoms with Crippen molar-refractivity contribution in [2.24, 2.45) is 0 Å².